The predicted octanol–water partition coefficient (Wildman–Crippen LogP) is 6.02. The molecule has 3 rings (SSSR count). The summed E-state index contributed by atoms with van der Waals surface area (Å²) in [6.45, 7) is 1.73. The number of hydrogen-bond acceptors (Lipinski definition) is 4. The van der Waals surface area contributed by atoms with Gasteiger partial charge in [-0.3, -0.25) is 4.79 Å². The van der Waals surface area contributed by atoms with Gasteiger partial charge in [0.2, 0.25) is 0 Å². The first-order valence-electron chi connectivity index (χ1n) is 8.12. The van der Waals surface area contributed by atoms with Gasteiger partial charge in [0.1, 0.15) is 11.5 Å². The van der Waals surface area contributed by atoms with E-state index in [1.54, 1.807) is 25.1 Å². The molecular weight excluding hydrogens is 363 g/mol. The third-order valence-electron chi connectivity index (χ3n) is 3.91. The van der Waals surface area contributed by atoms with Gasteiger partial charge in [-0.25, -0.2) is 4.98 Å². The number of aryl methyl sites for hydroxylation is 1. The molecule has 0 saturated carbocycles. The minimum Gasteiger partial charge on any atom is -0.430 e. The van der Waals surface area contributed by atoms with E-state index in [0.717, 1.165) is 10.8 Å². The molecular formula is C19H16F3NO2S. The van der Waals surface area contributed by atoms with Crippen LogP contribution in [0.5, 0.6) is 10.9 Å². The van der Waals surface area contributed by atoms with Crippen LogP contribution in [0.1, 0.15) is 30.9 Å². The van der Waals surface area contributed by atoms with E-state index in [1.807, 2.05) is 12.1 Å². The highest BCUT2D eigenvalue weighted by Crippen LogP contribution is 2.40. The van der Waals surface area contributed by atoms with Crippen molar-refractivity contribution in [3.05, 3.63) is 53.6 Å². The fraction of sp³-hybridized carbons (Fsp3) is 0.263. The van der Waals surface area contributed by atoms with Crippen LogP contribution in [-0.2, 0) is 17.4 Å². The van der Waals surface area contributed by atoms with Crippen LogP contribution in [-0.4, -0.2) is 10.8 Å². The van der Waals surface area contributed by atoms with Crippen molar-refractivity contribution >= 4 is 27.3 Å². The van der Waals surface area contributed by atoms with E-state index in [9.17, 15) is 18.0 Å². The van der Waals surface area contributed by atoms with Crippen molar-refractivity contribution in [2.24, 2.45) is 0 Å². The highest BCUT2D eigenvalue weighted by Gasteiger charge is 2.35. The number of nitrogens with zero attached hydrogens (tertiary/aromatic N) is 1. The molecule has 0 fully saturated rings. The molecule has 0 aliphatic heterocycles. The van der Waals surface area contributed by atoms with Gasteiger partial charge in [-0.15, -0.1) is 0 Å². The zero-order valence-corrected chi connectivity index (χ0v) is 14.8. The molecule has 0 spiro atoms. The maximum atomic E-state index is 13.4. The minimum atomic E-state index is -4.56. The summed E-state index contributed by atoms with van der Waals surface area (Å²) in [4.78, 5) is 15.6. The lowest BCUT2D eigenvalue weighted by Gasteiger charge is -2.14. The van der Waals surface area contributed by atoms with Gasteiger partial charge in [-0.05, 0) is 36.2 Å². The number of benzene rings is 2. The lowest BCUT2D eigenvalue weighted by atomic mass is 10.0. The highest BCUT2D eigenvalue weighted by molar-refractivity contribution is 7.20. The number of halogens is 3. The average Bonchev–Trinajstić information content (AvgIpc) is 3.01. The van der Waals surface area contributed by atoms with E-state index in [0.29, 0.717) is 17.5 Å². The van der Waals surface area contributed by atoms with Crippen LogP contribution >= 0.6 is 11.3 Å². The summed E-state index contributed by atoms with van der Waals surface area (Å²) in [5, 5.41) is 0.158. The molecule has 0 N–H and O–H groups in total. The Balaban J connectivity index is 1.89. The second kappa shape index (κ2) is 7.45. The molecule has 0 amide bonds. The molecule has 0 bridgehead atoms. The number of ketones is 1. The van der Waals surface area contributed by atoms with Gasteiger partial charge in [-0.2, -0.15) is 13.2 Å². The lowest BCUT2D eigenvalue weighted by Crippen LogP contribution is -2.08. The van der Waals surface area contributed by atoms with E-state index in [1.165, 1.54) is 17.4 Å². The van der Waals surface area contributed by atoms with Crippen molar-refractivity contribution < 1.29 is 22.7 Å². The Kier molecular flexibility index (Phi) is 5.27. The van der Waals surface area contributed by atoms with Crippen molar-refractivity contribution in [2.45, 2.75) is 32.4 Å². The number of aromatic nitrogens is 1. The first-order valence-corrected chi connectivity index (χ1v) is 8.93. The Morgan fingerprint density at radius 2 is 1.96 bits per heavy atom. The van der Waals surface area contributed by atoms with Crippen LogP contribution < -0.4 is 4.74 Å². The summed E-state index contributed by atoms with van der Waals surface area (Å²) in [5.41, 5.74) is 0.268. The molecule has 1 aromatic heterocycles. The first kappa shape index (κ1) is 18.4. The second-order valence-electron chi connectivity index (χ2n) is 5.77. The van der Waals surface area contributed by atoms with Gasteiger partial charge in [0.05, 0.1) is 15.8 Å². The van der Waals surface area contributed by atoms with Crippen molar-refractivity contribution in [1.29, 1.82) is 0 Å². The van der Waals surface area contributed by atoms with Crippen LogP contribution in [0.15, 0.2) is 42.5 Å². The van der Waals surface area contributed by atoms with Crippen molar-refractivity contribution in [3.8, 4) is 10.9 Å². The second-order valence-corrected chi connectivity index (χ2v) is 6.76. The zero-order chi connectivity index (χ0) is 18.7. The summed E-state index contributed by atoms with van der Waals surface area (Å²) in [6.07, 6.45) is -3.68. The van der Waals surface area contributed by atoms with Gasteiger partial charge >= 0.3 is 6.18 Å². The van der Waals surface area contributed by atoms with Gasteiger partial charge in [0, 0.05) is 12.8 Å². The number of thiazole rings is 1. The highest BCUT2D eigenvalue weighted by atomic mass is 32.1. The van der Waals surface area contributed by atoms with Crippen LogP contribution in [0.2, 0.25) is 0 Å². The number of hydrogen-bond donors (Lipinski definition) is 0. The van der Waals surface area contributed by atoms with Gasteiger partial charge < -0.3 is 4.74 Å². The molecule has 1 heterocycles. The van der Waals surface area contributed by atoms with Crippen molar-refractivity contribution in [2.75, 3.05) is 0 Å². The van der Waals surface area contributed by atoms with E-state index in [-0.39, 0.29) is 29.6 Å². The number of rotatable bonds is 6. The monoisotopic (exact) mass is 379 g/mol. The summed E-state index contributed by atoms with van der Waals surface area (Å²) >= 11 is 1.19. The molecule has 0 aliphatic carbocycles. The van der Waals surface area contributed by atoms with E-state index < -0.39 is 11.7 Å². The standard InChI is InChI=1S/C19H16F3NO2S/c1-2-13(24)9-7-12-8-10-16(14(11-12)19(20,21)22)25-18-23-15-5-3-4-6-17(15)26-18/h3-6,8,10-11H,2,7,9H2,1H3. The number of ether oxygens (including phenoxy) is 1. The van der Waals surface area contributed by atoms with Crippen LogP contribution in [0.4, 0.5) is 13.2 Å². The normalized spacial score (nSPS) is 11.7. The third kappa shape index (κ3) is 4.22. The van der Waals surface area contributed by atoms with Gasteiger partial charge in [0.15, 0.2) is 0 Å². The number of Topliss-reactive ketones (excluding diaryl/α,β-unsaturated/α-hetero) is 1. The Bertz CT molecular complexity index is 901. The number of fused-ring (bicyclic) bond motifs is 1. The quantitative estimate of drug-likeness (QED) is 0.526. The molecule has 2 aromatic carbocycles. The molecule has 0 saturated heterocycles. The predicted molar refractivity (Wildman–Crippen MR) is 94.8 cm³/mol. The van der Waals surface area contributed by atoms with Crippen molar-refractivity contribution in [3.63, 3.8) is 0 Å². The molecule has 3 nitrogen and oxygen atoms in total. The maximum absolute atomic E-state index is 13.4. The van der Waals surface area contributed by atoms with E-state index in [4.69, 9.17) is 4.74 Å². The third-order valence-corrected chi connectivity index (χ3v) is 4.82. The first-order chi connectivity index (χ1) is 12.4. The molecule has 0 atom stereocenters. The average molecular weight is 379 g/mol. The van der Waals surface area contributed by atoms with Gasteiger partial charge in [-0.1, -0.05) is 36.5 Å². The Morgan fingerprint density at radius 3 is 2.65 bits per heavy atom. The maximum Gasteiger partial charge on any atom is 0.419 e. The molecule has 26 heavy (non-hydrogen) atoms. The summed E-state index contributed by atoms with van der Waals surface area (Å²) in [6, 6.07) is 11.1. The van der Waals surface area contributed by atoms with Crippen LogP contribution in [0.3, 0.4) is 0 Å². The molecule has 3 aromatic rings. The smallest absolute Gasteiger partial charge is 0.419 e. The van der Waals surface area contributed by atoms with Crippen LogP contribution in [0, 0.1) is 0 Å². The molecule has 7 heteroatoms. The summed E-state index contributed by atoms with van der Waals surface area (Å²) < 4.78 is 46.6. The number of carbonyl (C=O) groups is 1. The fourth-order valence-corrected chi connectivity index (χ4v) is 3.32. The SMILES string of the molecule is CCC(=O)CCc1ccc(Oc2nc3ccccc3s2)c(C(F)(F)F)c1. The molecule has 0 radical (unpaired) electrons. The van der Waals surface area contributed by atoms with Crippen molar-refractivity contribution in [1.82, 2.24) is 4.98 Å². The zero-order valence-electron chi connectivity index (χ0n) is 14.0. The van der Waals surface area contributed by atoms with E-state index >= 15 is 0 Å². The molecule has 136 valence electrons. The summed E-state index contributed by atoms with van der Waals surface area (Å²) in [5.74, 6) is -0.268. The van der Waals surface area contributed by atoms with E-state index in [2.05, 4.69) is 4.98 Å². The molecule has 0 unspecified atom stereocenters. The Labute approximate surface area is 152 Å². The van der Waals surface area contributed by atoms with Crippen LogP contribution in [0.25, 0.3) is 10.2 Å². The Morgan fingerprint density at radius 1 is 1.19 bits per heavy atom. The molecule has 0 aliphatic rings. The largest absolute Gasteiger partial charge is 0.430 e. The number of para-hydroxylation sites is 1. The summed E-state index contributed by atoms with van der Waals surface area (Å²) in [7, 11) is 0. The minimum absolute atomic E-state index is 0.0216. The number of alkyl halides is 3. The fourth-order valence-electron chi connectivity index (χ4n) is 2.49. The topological polar surface area (TPSA) is 39.2 Å². The Hall–Kier alpha value is -2.41. The lowest BCUT2D eigenvalue weighted by molar-refractivity contribution is -0.138. The van der Waals surface area contributed by atoms with Gasteiger partial charge in [0.25, 0.3) is 5.19 Å². The number of carbonyl (C=O) groups excluding carboxylic acids is 1.